The maximum atomic E-state index is 13.0. The highest BCUT2D eigenvalue weighted by Crippen LogP contribution is 2.36. The molecule has 2 heterocycles. The van der Waals surface area contributed by atoms with Gasteiger partial charge in [-0.25, -0.2) is 4.79 Å². The molecule has 0 aliphatic carbocycles. The van der Waals surface area contributed by atoms with Gasteiger partial charge in [-0.2, -0.15) is 13.2 Å². The fourth-order valence-corrected chi connectivity index (χ4v) is 2.70. The summed E-state index contributed by atoms with van der Waals surface area (Å²) in [5, 5.41) is 0. The summed E-state index contributed by atoms with van der Waals surface area (Å²) >= 11 is 0. The number of anilines is 1. The number of carbonyl (C=O) groups excluding carboxylic acids is 1. The number of rotatable bonds is 2. The minimum absolute atomic E-state index is 0.237. The summed E-state index contributed by atoms with van der Waals surface area (Å²) in [5.74, 6) is 0.331. The van der Waals surface area contributed by atoms with Gasteiger partial charge >= 0.3 is 12.2 Å². The lowest BCUT2D eigenvalue weighted by Gasteiger charge is -2.39. The van der Waals surface area contributed by atoms with Crippen LogP contribution < -0.4 is 4.90 Å². The van der Waals surface area contributed by atoms with Crippen LogP contribution in [-0.4, -0.2) is 36.4 Å². The zero-order chi connectivity index (χ0) is 15.9. The van der Waals surface area contributed by atoms with Crippen molar-refractivity contribution < 1.29 is 18.0 Å². The van der Waals surface area contributed by atoms with Crippen LogP contribution in [0.2, 0.25) is 0 Å². The van der Waals surface area contributed by atoms with E-state index in [-0.39, 0.29) is 12.6 Å². The summed E-state index contributed by atoms with van der Waals surface area (Å²) in [6.07, 6.45) is -2.18. The smallest absolute Gasteiger partial charge is 0.289 e. The number of urea groups is 1. The molecule has 0 atom stereocenters. The molecule has 2 aliphatic heterocycles. The molecule has 0 aromatic heterocycles. The fourth-order valence-electron chi connectivity index (χ4n) is 2.70. The standard InChI is InChI=1S/C15H14F3N3O/c1-2-7-20-12-5-4-10(15(16,17)18)9-11(12)13-19-6-3-8-21(13)14(20)22/h2,4-5,9H,1,3,6-8H2. The number of aliphatic imine (C=N–C) groups is 1. The van der Waals surface area contributed by atoms with Crippen LogP contribution in [0.25, 0.3) is 0 Å². The Bertz CT molecular complexity index is 666. The number of amides is 2. The van der Waals surface area contributed by atoms with Crippen LogP contribution in [0.15, 0.2) is 35.8 Å². The van der Waals surface area contributed by atoms with Crippen LogP contribution in [-0.2, 0) is 6.18 Å². The van der Waals surface area contributed by atoms with Gasteiger partial charge in [0.05, 0.1) is 11.3 Å². The monoisotopic (exact) mass is 309 g/mol. The Morgan fingerprint density at radius 3 is 2.82 bits per heavy atom. The van der Waals surface area contributed by atoms with E-state index < -0.39 is 11.7 Å². The topological polar surface area (TPSA) is 35.9 Å². The Kier molecular flexibility index (Phi) is 3.42. The van der Waals surface area contributed by atoms with Crippen molar-refractivity contribution in [3.05, 3.63) is 42.0 Å². The molecule has 0 unspecified atom stereocenters. The Balaban J connectivity index is 2.18. The maximum Gasteiger partial charge on any atom is 0.416 e. The molecule has 2 amide bonds. The zero-order valence-electron chi connectivity index (χ0n) is 11.7. The van der Waals surface area contributed by atoms with Gasteiger partial charge in [-0.1, -0.05) is 6.08 Å². The van der Waals surface area contributed by atoms with Crippen molar-refractivity contribution in [2.75, 3.05) is 24.5 Å². The zero-order valence-corrected chi connectivity index (χ0v) is 11.7. The highest BCUT2D eigenvalue weighted by molar-refractivity contribution is 6.19. The second kappa shape index (κ2) is 5.15. The van der Waals surface area contributed by atoms with Crippen molar-refractivity contribution >= 4 is 17.6 Å². The molecule has 0 saturated heterocycles. The van der Waals surface area contributed by atoms with E-state index in [4.69, 9.17) is 0 Å². The lowest BCUT2D eigenvalue weighted by molar-refractivity contribution is -0.137. The van der Waals surface area contributed by atoms with E-state index in [1.807, 2.05) is 0 Å². The third-order valence-corrected chi connectivity index (χ3v) is 3.69. The van der Waals surface area contributed by atoms with E-state index in [1.165, 1.54) is 15.9 Å². The summed E-state index contributed by atoms with van der Waals surface area (Å²) in [7, 11) is 0. The molecule has 2 aliphatic rings. The third kappa shape index (κ3) is 2.26. The minimum Gasteiger partial charge on any atom is -0.289 e. The van der Waals surface area contributed by atoms with Gasteiger partial charge in [-0.05, 0) is 24.6 Å². The molecule has 0 radical (unpaired) electrons. The summed E-state index contributed by atoms with van der Waals surface area (Å²) < 4.78 is 38.9. The van der Waals surface area contributed by atoms with Crippen molar-refractivity contribution in [1.82, 2.24) is 4.90 Å². The van der Waals surface area contributed by atoms with Crippen LogP contribution in [0.1, 0.15) is 17.5 Å². The number of alkyl halides is 3. The lowest BCUT2D eigenvalue weighted by Crippen LogP contribution is -2.53. The summed E-state index contributed by atoms with van der Waals surface area (Å²) in [6, 6.07) is 3.11. The van der Waals surface area contributed by atoms with Crippen molar-refractivity contribution in [3.63, 3.8) is 0 Å². The highest BCUT2D eigenvalue weighted by Gasteiger charge is 2.38. The van der Waals surface area contributed by atoms with Crippen LogP contribution >= 0.6 is 0 Å². The van der Waals surface area contributed by atoms with Gasteiger partial charge in [0.2, 0.25) is 0 Å². The van der Waals surface area contributed by atoms with Crippen molar-refractivity contribution in [3.8, 4) is 0 Å². The third-order valence-electron chi connectivity index (χ3n) is 3.69. The van der Waals surface area contributed by atoms with Crippen LogP contribution in [0.3, 0.4) is 0 Å². The number of nitrogens with zero attached hydrogens (tertiary/aromatic N) is 3. The normalized spacial score (nSPS) is 17.8. The maximum absolute atomic E-state index is 13.0. The number of carbonyl (C=O) groups is 1. The predicted molar refractivity (Wildman–Crippen MR) is 77.1 cm³/mol. The average molecular weight is 309 g/mol. The predicted octanol–water partition coefficient (Wildman–Crippen LogP) is 3.28. The highest BCUT2D eigenvalue weighted by atomic mass is 19.4. The van der Waals surface area contributed by atoms with Gasteiger partial charge in [0.1, 0.15) is 5.84 Å². The van der Waals surface area contributed by atoms with Gasteiger partial charge in [-0.15, -0.1) is 6.58 Å². The number of fused-ring (bicyclic) bond motifs is 3. The van der Waals surface area contributed by atoms with Crippen molar-refractivity contribution in [2.24, 2.45) is 4.99 Å². The Hall–Kier alpha value is -2.31. The van der Waals surface area contributed by atoms with Gasteiger partial charge in [0.15, 0.2) is 0 Å². The van der Waals surface area contributed by atoms with Gasteiger partial charge in [0.25, 0.3) is 0 Å². The first kappa shape index (κ1) is 14.6. The average Bonchev–Trinajstić information content (AvgIpc) is 2.50. The van der Waals surface area contributed by atoms with Crippen LogP contribution in [0.5, 0.6) is 0 Å². The van der Waals surface area contributed by atoms with E-state index >= 15 is 0 Å². The molecule has 0 fully saturated rings. The number of hydrogen-bond donors (Lipinski definition) is 0. The first-order chi connectivity index (χ1) is 10.4. The molecule has 0 N–H and O–H groups in total. The first-order valence-electron chi connectivity index (χ1n) is 6.89. The quantitative estimate of drug-likeness (QED) is 0.772. The number of amidine groups is 1. The van der Waals surface area contributed by atoms with Gasteiger partial charge in [0, 0.05) is 25.2 Å². The molecule has 116 valence electrons. The Morgan fingerprint density at radius 2 is 2.14 bits per heavy atom. The largest absolute Gasteiger partial charge is 0.416 e. The van der Waals surface area contributed by atoms with Gasteiger partial charge < -0.3 is 0 Å². The van der Waals surface area contributed by atoms with E-state index in [2.05, 4.69) is 11.6 Å². The Morgan fingerprint density at radius 1 is 1.36 bits per heavy atom. The molecule has 4 nitrogen and oxygen atoms in total. The van der Waals surface area contributed by atoms with Crippen LogP contribution in [0.4, 0.5) is 23.7 Å². The summed E-state index contributed by atoms with van der Waals surface area (Å²) in [4.78, 5) is 19.6. The molecule has 7 heteroatoms. The fraction of sp³-hybridized carbons (Fsp3) is 0.333. The second-order valence-electron chi connectivity index (χ2n) is 5.12. The second-order valence-corrected chi connectivity index (χ2v) is 5.12. The van der Waals surface area contributed by atoms with Crippen molar-refractivity contribution in [1.29, 1.82) is 0 Å². The van der Waals surface area contributed by atoms with E-state index in [9.17, 15) is 18.0 Å². The Labute approximate surface area is 125 Å². The molecular weight excluding hydrogens is 295 g/mol. The van der Waals surface area contributed by atoms with E-state index in [0.717, 1.165) is 12.1 Å². The number of halogens is 3. The molecule has 1 aromatic carbocycles. The first-order valence-corrected chi connectivity index (χ1v) is 6.89. The lowest BCUT2D eigenvalue weighted by atomic mass is 10.0. The number of benzene rings is 1. The number of hydrogen-bond acceptors (Lipinski definition) is 2. The summed E-state index contributed by atoms with van der Waals surface area (Å²) in [5.41, 5.74) is 0.0400. The molecule has 22 heavy (non-hydrogen) atoms. The molecule has 0 saturated carbocycles. The minimum atomic E-state index is -4.43. The van der Waals surface area contributed by atoms with Gasteiger partial charge in [-0.3, -0.25) is 14.8 Å². The molecule has 3 rings (SSSR count). The molecule has 0 bridgehead atoms. The van der Waals surface area contributed by atoms with E-state index in [0.29, 0.717) is 36.6 Å². The molecule has 0 spiro atoms. The van der Waals surface area contributed by atoms with Crippen LogP contribution in [0, 0.1) is 0 Å². The summed E-state index contributed by atoms with van der Waals surface area (Å²) in [6.45, 7) is 4.81. The SMILES string of the molecule is C=CCN1C(=O)N2CCCN=C2c2cc(C(F)(F)F)ccc21. The molecule has 1 aromatic rings. The molecular formula is C15H14F3N3O. The van der Waals surface area contributed by atoms with Crippen molar-refractivity contribution in [2.45, 2.75) is 12.6 Å². The van der Waals surface area contributed by atoms with E-state index in [1.54, 1.807) is 6.08 Å².